The molecule has 1 saturated heterocycles. The molecule has 1 aromatic heterocycles. The van der Waals surface area contributed by atoms with E-state index in [0.717, 1.165) is 29.0 Å². The molecule has 1 amide bonds. The maximum atomic E-state index is 13.4. The highest BCUT2D eigenvalue weighted by Gasteiger charge is 2.38. The number of carbonyl (C=O) groups excluding carboxylic acids is 1. The Hall–Kier alpha value is -3.97. The first-order chi connectivity index (χ1) is 19.4. The van der Waals surface area contributed by atoms with Gasteiger partial charge in [0.1, 0.15) is 0 Å². The molecular formula is C33H31F3N2O2. The predicted molar refractivity (Wildman–Crippen MR) is 147 cm³/mol. The van der Waals surface area contributed by atoms with Gasteiger partial charge in [-0.25, -0.2) is 0 Å². The fraction of sp³-hybridized carbons (Fsp3) is 0.273. The van der Waals surface area contributed by atoms with E-state index < -0.39 is 11.7 Å². The molecule has 7 heteroatoms. The average molecular weight is 545 g/mol. The fourth-order valence-electron chi connectivity index (χ4n) is 5.48. The Morgan fingerprint density at radius 1 is 0.875 bits per heavy atom. The molecule has 0 saturated carbocycles. The number of ether oxygens (including phenoxy) is 1. The number of rotatable bonds is 8. The summed E-state index contributed by atoms with van der Waals surface area (Å²) in [5.41, 5.74) is 2.98. The Morgan fingerprint density at radius 3 is 2.08 bits per heavy atom. The highest BCUT2D eigenvalue weighted by atomic mass is 19.4. The summed E-state index contributed by atoms with van der Waals surface area (Å²) in [7, 11) is 0. The predicted octanol–water partition coefficient (Wildman–Crippen LogP) is 6.91. The number of halogens is 3. The summed E-state index contributed by atoms with van der Waals surface area (Å²) >= 11 is 0. The largest absolute Gasteiger partial charge is 0.416 e. The molecule has 1 aliphatic rings. The van der Waals surface area contributed by atoms with Crippen LogP contribution in [0.2, 0.25) is 0 Å². The maximum Gasteiger partial charge on any atom is 0.416 e. The summed E-state index contributed by atoms with van der Waals surface area (Å²) in [5.74, 6) is -0.0871. The fourth-order valence-corrected chi connectivity index (χ4v) is 5.48. The van der Waals surface area contributed by atoms with Crippen LogP contribution in [-0.2, 0) is 28.7 Å². The lowest BCUT2D eigenvalue weighted by Crippen LogP contribution is -2.49. The molecule has 4 nitrogen and oxygen atoms in total. The van der Waals surface area contributed by atoms with E-state index in [4.69, 9.17) is 4.74 Å². The van der Waals surface area contributed by atoms with E-state index in [2.05, 4.69) is 29.2 Å². The van der Waals surface area contributed by atoms with E-state index in [0.29, 0.717) is 25.1 Å². The van der Waals surface area contributed by atoms with Crippen LogP contribution in [0.15, 0.2) is 109 Å². The number of hydrogen-bond acceptors (Lipinski definition) is 3. The summed E-state index contributed by atoms with van der Waals surface area (Å²) < 4.78 is 45.5. The van der Waals surface area contributed by atoms with Crippen LogP contribution >= 0.6 is 0 Å². The van der Waals surface area contributed by atoms with Crippen LogP contribution in [0.25, 0.3) is 0 Å². The van der Waals surface area contributed by atoms with Gasteiger partial charge < -0.3 is 9.64 Å². The molecule has 0 aliphatic carbocycles. The minimum atomic E-state index is -4.38. The minimum Gasteiger partial charge on any atom is -0.373 e. The molecule has 1 fully saturated rings. The molecule has 0 spiro atoms. The van der Waals surface area contributed by atoms with Gasteiger partial charge in [-0.3, -0.25) is 9.78 Å². The first-order valence-electron chi connectivity index (χ1n) is 13.4. The van der Waals surface area contributed by atoms with Crippen LogP contribution in [0, 0.1) is 5.92 Å². The Bertz CT molecular complexity index is 1320. The number of amides is 1. The quantitative estimate of drug-likeness (QED) is 0.242. The number of pyridine rings is 1. The number of benzene rings is 3. The standard InChI is InChI=1S/C33H31F3N2O2/c34-33(35,36)27-16-14-24(15-17-27)23-40-30-18-20-38(31(39)21-28-13-7-8-19-37-28)22-29(30)32(25-9-3-1-4-10-25)26-11-5-2-6-12-26/h1-17,19,29-30,32H,18,20-23H2/t29-,30+/m1/s1. The summed E-state index contributed by atoms with van der Waals surface area (Å²) in [6, 6.07) is 31.1. The second-order valence-electron chi connectivity index (χ2n) is 10.1. The van der Waals surface area contributed by atoms with Crippen LogP contribution in [-0.4, -0.2) is 35.0 Å². The summed E-state index contributed by atoms with van der Waals surface area (Å²) in [5, 5.41) is 0. The Balaban J connectivity index is 1.41. The van der Waals surface area contributed by atoms with Gasteiger partial charge in [0.2, 0.25) is 5.91 Å². The summed E-state index contributed by atoms with van der Waals surface area (Å²) in [6.45, 7) is 1.23. The highest BCUT2D eigenvalue weighted by molar-refractivity contribution is 5.78. The van der Waals surface area contributed by atoms with E-state index in [9.17, 15) is 18.0 Å². The van der Waals surface area contributed by atoms with Crippen molar-refractivity contribution in [1.82, 2.24) is 9.88 Å². The molecule has 0 N–H and O–H groups in total. The lowest BCUT2D eigenvalue weighted by Gasteiger charge is -2.42. The number of carbonyl (C=O) groups is 1. The van der Waals surface area contributed by atoms with Crippen LogP contribution in [0.3, 0.4) is 0 Å². The van der Waals surface area contributed by atoms with Gasteiger partial charge in [0.05, 0.1) is 24.7 Å². The summed E-state index contributed by atoms with van der Waals surface area (Å²) in [6.07, 6.45) is -2.04. The molecule has 40 heavy (non-hydrogen) atoms. The van der Waals surface area contributed by atoms with Gasteiger partial charge in [-0.15, -0.1) is 0 Å². The number of piperidine rings is 1. The third-order valence-electron chi connectivity index (χ3n) is 7.49. The van der Waals surface area contributed by atoms with Crippen molar-refractivity contribution in [3.8, 4) is 0 Å². The minimum absolute atomic E-state index is 0.0183. The smallest absolute Gasteiger partial charge is 0.373 e. The monoisotopic (exact) mass is 544 g/mol. The zero-order chi connectivity index (χ0) is 28.0. The van der Waals surface area contributed by atoms with Crippen molar-refractivity contribution in [2.45, 2.75) is 37.6 Å². The number of nitrogens with zero attached hydrogens (tertiary/aromatic N) is 2. The second kappa shape index (κ2) is 12.5. The SMILES string of the molecule is O=C(Cc1ccccn1)N1CC[C@H](OCc2ccc(C(F)(F)F)cc2)[C@H](C(c2ccccc2)c2ccccc2)C1. The number of hydrogen-bond donors (Lipinski definition) is 0. The average Bonchev–Trinajstić information content (AvgIpc) is 2.98. The Morgan fingerprint density at radius 2 is 1.50 bits per heavy atom. The zero-order valence-electron chi connectivity index (χ0n) is 22.0. The number of likely N-dealkylation sites (tertiary alicyclic amines) is 1. The van der Waals surface area contributed by atoms with E-state index in [1.54, 1.807) is 6.20 Å². The van der Waals surface area contributed by atoms with E-state index in [1.807, 2.05) is 59.5 Å². The van der Waals surface area contributed by atoms with E-state index >= 15 is 0 Å². The van der Waals surface area contributed by atoms with Gasteiger partial charge in [-0.2, -0.15) is 13.2 Å². The van der Waals surface area contributed by atoms with Crippen LogP contribution in [0.1, 0.15) is 40.3 Å². The van der Waals surface area contributed by atoms with Gasteiger partial charge in [0.25, 0.3) is 0 Å². The van der Waals surface area contributed by atoms with Crippen molar-refractivity contribution in [1.29, 1.82) is 0 Å². The summed E-state index contributed by atoms with van der Waals surface area (Å²) in [4.78, 5) is 19.6. The van der Waals surface area contributed by atoms with Crippen molar-refractivity contribution in [3.63, 3.8) is 0 Å². The normalized spacial score (nSPS) is 17.6. The Kier molecular flexibility index (Phi) is 8.60. The molecule has 5 rings (SSSR count). The van der Waals surface area contributed by atoms with Crippen molar-refractivity contribution in [2.75, 3.05) is 13.1 Å². The maximum absolute atomic E-state index is 13.4. The van der Waals surface area contributed by atoms with Gasteiger partial charge in [0, 0.05) is 36.8 Å². The van der Waals surface area contributed by atoms with Gasteiger partial charge in [-0.1, -0.05) is 78.9 Å². The third-order valence-corrected chi connectivity index (χ3v) is 7.49. The molecule has 0 unspecified atom stereocenters. The van der Waals surface area contributed by atoms with Crippen LogP contribution in [0.4, 0.5) is 13.2 Å². The molecule has 2 atom stereocenters. The molecule has 2 heterocycles. The lowest BCUT2D eigenvalue weighted by atomic mass is 9.75. The zero-order valence-corrected chi connectivity index (χ0v) is 22.0. The van der Waals surface area contributed by atoms with Crippen molar-refractivity contribution < 1.29 is 22.7 Å². The van der Waals surface area contributed by atoms with Gasteiger partial charge >= 0.3 is 6.18 Å². The molecule has 1 aliphatic heterocycles. The van der Waals surface area contributed by atoms with Crippen molar-refractivity contribution in [3.05, 3.63) is 137 Å². The van der Waals surface area contributed by atoms with E-state index in [1.165, 1.54) is 12.1 Å². The first kappa shape index (κ1) is 27.6. The number of aromatic nitrogens is 1. The molecule has 0 radical (unpaired) electrons. The molecular weight excluding hydrogens is 513 g/mol. The molecule has 4 aromatic rings. The second-order valence-corrected chi connectivity index (χ2v) is 10.1. The van der Waals surface area contributed by atoms with Crippen molar-refractivity contribution >= 4 is 5.91 Å². The topological polar surface area (TPSA) is 42.4 Å². The first-order valence-corrected chi connectivity index (χ1v) is 13.4. The van der Waals surface area contributed by atoms with Crippen LogP contribution < -0.4 is 0 Å². The molecule has 3 aromatic carbocycles. The lowest BCUT2D eigenvalue weighted by molar-refractivity contribution is -0.138. The van der Waals surface area contributed by atoms with E-state index in [-0.39, 0.29) is 36.9 Å². The molecule has 206 valence electrons. The van der Waals surface area contributed by atoms with Crippen molar-refractivity contribution in [2.24, 2.45) is 5.92 Å². The third kappa shape index (κ3) is 6.77. The van der Waals surface area contributed by atoms with Gasteiger partial charge in [0.15, 0.2) is 0 Å². The Labute approximate surface area is 232 Å². The number of alkyl halides is 3. The van der Waals surface area contributed by atoms with Crippen LogP contribution in [0.5, 0.6) is 0 Å². The highest BCUT2D eigenvalue weighted by Crippen LogP contribution is 2.39. The van der Waals surface area contributed by atoms with Gasteiger partial charge in [-0.05, 0) is 47.4 Å². The molecule has 0 bridgehead atoms.